The van der Waals surface area contributed by atoms with E-state index in [0.29, 0.717) is 0 Å². The molecule has 2 rings (SSSR count). The molecule has 2 nitrogen and oxygen atoms in total. The Kier molecular flexibility index (Phi) is 3.83. The second kappa shape index (κ2) is 5.35. The zero-order chi connectivity index (χ0) is 11.4. The van der Waals surface area contributed by atoms with E-state index in [4.69, 9.17) is 11.6 Å². The topological polar surface area (TPSA) is 29.1 Å². The first-order valence-electron chi connectivity index (χ1n) is 5.78. The average molecular weight is 238 g/mol. The molecule has 16 heavy (non-hydrogen) atoms. The minimum atomic E-state index is 0.112. The van der Waals surface area contributed by atoms with Gasteiger partial charge in [-0.3, -0.25) is 4.79 Å². The molecule has 0 saturated carbocycles. The summed E-state index contributed by atoms with van der Waals surface area (Å²) in [6.45, 7) is 0.824. The molecule has 1 aromatic carbocycles. The maximum Gasteiger partial charge on any atom is 0.223 e. The van der Waals surface area contributed by atoms with Crippen LogP contribution in [-0.2, 0) is 11.2 Å². The SMILES string of the molecule is O=C1NCCCCC1Cc1cccc(Cl)c1. The van der Waals surface area contributed by atoms with Crippen LogP contribution in [0.15, 0.2) is 24.3 Å². The van der Waals surface area contributed by atoms with Crippen LogP contribution in [0.2, 0.25) is 5.02 Å². The van der Waals surface area contributed by atoms with Gasteiger partial charge >= 0.3 is 0 Å². The number of amides is 1. The molecule has 1 aromatic rings. The van der Waals surface area contributed by atoms with Gasteiger partial charge in [0.05, 0.1) is 0 Å². The molecule has 3 heteroatoms. The zero-order valence-corrected chi connectivity index (χ0v) is 9.96. The summed E-state index contributed by atoms with van der Waals surface area (Å²) >= 11 is 5.93. The van der Waals surface area contributed by atoms with E-state index in [2.05, 4.69) is 5.32 Å². The van der Waals surface area contributed by atoms with Gasteiger partial charge in [0.15, 0.2) is 0 Å². The summed E-state index contributed by atoms with van der Waals surface area (Å²) in [5.74, 6) is 0.304. The van der Waals surface area contributed by atoms with Crippen molar-refractivity contribution in [3.63, 3.8) is 0 Å². The molecular formula is C13H16ClNO. The van der Waals surface area contributed by atoms with Crippen molar-refractivity contribution >= 4 is 17.5 Å². The summed E-state index contributed by atoms with van der Waals surface area (Å²) in [5.41, 5.74) is 1.15. The van der Waals surface area contributed by atoms with Crippen LogP contribution in [0.4, 0.5) is 0 Å². The molecule has 1 aliphatic rings. The Morgan fingerprint density at radius 2 is 2.25 bits per heavy atom. The van der Waals surface area contributed by atoms with Crippen LogP contribution in [0.3, 0.4) is 0 Å². The smallest absolute Gasteiger partial charge is 0.223 e. The molecule has 1 N–H and O–H groups in total. The maximum absolute atomic E-state index is 11.8. The van der Waals surface area contributed by atoms with Gasteiger partial charge in [-0.25, -0.2) is 0 Å². The van der Waals surface area contributed by atoms with E-state index in [1.54, 1.807) is 0 Å². The number of carbonyl (C=O) groups excluding carboxylic acids is 1. The van der Waals surface area contributed by atoms with Crippen LogP contribution in [-0.4, -0.2) is 12.5 Å². The molecule has 1 fully saturated rings. The maximum atomic E-state index is 11.8. The van der Waals surface area contributed by atoms with Crippen molar-refractivity contribution in [2.24, 2.45) is 5.92 Å². The van der Waals surface area contributed by atoms with Gasteiger partial charge in [0, 0.05) is 17.5 Å². The zero-order valence-electron chi connectivity index (χ0n) is 9.21. The fourth-order valence-corrected chi connectivity index (χ4v) is 2.36. The molecule has 86 valence electrons. The van der Waals surface area contributed by atoms with Crippen LogP contribution in [0, 0.1) is 5.92 Å². The highest BCUT2D eigenvalue weighted by atomic mass is 35.5. The van der Waals surface area contributed by atoms with E-state index < -0.39 is 0 Å². The largest absolute Gasteiger partial charge is 0.356 e. The number of hydrogen-bond acceptors (Lipinski definition) is 1. The summed E-state index contributed by atoms with van der Waals surface area (Å²) in [6, 6.07) is 7.77. The van der Waals surface area contributed by atoms with E-state index in [9.17, 15) is 4.79 Å². The summed E-state index contributed by atoms with van der Waals surface area (Å²) in [6.07, 6.45) is 4.01. The summed E-state index contributed by atoms with van der Waals surface area (Å²) in [7, 11) is 0. The lowest BCUT2D eigenvalue weighted by Crippen LogP contribution is -2.30. The van der Waals surface area contributed by atoms with E-state index >= 15 is 0 Å². The molecule has 1 aliphatic heterocycles. The second-order valence-electron chi connectivity index (χ2n) is 4.32. The quantitative estimate of drug-likeness (QED) is 0.842. The molecule has 1 unspecified atom stereocenters. The van der Waals surface area contributed by atoms with Gasteiger partial charge in [0.25, 0.3) is 0 Å². The van der Waals surface area contributed by atoms with Crippen molar-refractivity contribution in [3.8, 4) is 0 Å². The summed E-state index contributed by atoms with van der Waals surface area (Å²) in [4.78, 5) is 11.8. The highest BCUT2D eigenvalue weighted by molar-refractivity contribution is 6.30. The van der Waals surface area contributed by atoms with E-state index in [-0.39, 0.29) is 11.8 Å². The van der Waals surface area contributed by atoms with Gasteiger partial charge in [-0.05, 0) is 37.0 Å². The van der Waals surface area contributed by atoms with E-state index in [0.717, 1.165) is 42.8 Å². The van der Waals surface area contributed by atoms with Gasteiger partial charge < -0.3 is 5.32 Å². The van der Waals surface area contributed by atoms with Gasteiger partial charge in [-0.15, -0.1) is 0 Å². The molecule has 1 saturated heterocycles. The first kappa shape index (κ1) is 11.5. The van der Waals surface area contributed by atoms with Crippen molar-refractivity contribution in [3.05, 3.63) is 34.9 Å². The highest BCUT2D eigenvalue weighted by Crippen LogP contribution is 2.19. The van der Waals surface area contributed by atoms with Gasteiger partial charge in [0.1, 0.15) is 0 Å². The minimum Gasteiger partial charge on any atom is -0.356 e. The third kappa shape index (κ3) is 2.99. The predicted molar refractivity (Wildman–Crippen MR) is 65.5 cm³/mol. The normalized spacial score (nSPS) is 21.3. The Labute approximate surface area is 101 Å². The van der Waals surface area contributed by atoms with Crippen molar-refractivity contribution in [2.45, 2.75) is 25.7 Å². The monoisotopic (exact) mass is 237 g/mol. The molecule has 0 aliphatic carbocycles. The lowest BCUT2D eigenvalue weighted by atomic mass is 9.94. The molecule has 0 spiro atoms. The second-order valence-corrected chi connectivity index (χ2v) is 4.75. The number of benzene rings is 1. The first-order valence-corrected chi connectivity index (χ1v) is 6.15. The molecule has 0 aromatic heterocycles. The van der Waals surface area contributed by atoms with E-state index in [1.165, 1.54) is 0 Å². The Bertz CT molecular complexity index is 378. The minimum absolute atomic E-state index is 0.112. The molecular weight excluding hydrogens is 222 g/mol. The molecule has 0 radical (unpaired) electrons. The standard InChI is InChI=1S/C13H16ClNO/c14-12-6-3-4-10(9-12)8-11-5-1-2-7-15-13(11)16/h3-4,6,9,11H,1-2,5,7-8H2,(H,15,16). The van der Waals surface area contributed by atoms with Gasteiger partial charge in [-0.2, -0.15) is 0 Å². The third-order valence-electron chi connectivity index (χ3n) is 3.02. The highest BCUT2D eigenvalue weighted by Gasteiger charge is 2.20. The number of hydrogen-bond donors (Lipinski definition) is 1. The molecule has 1 amide bonds. The van der Waals surface area contributed by atoms with Crippen LogP contribution in [0.5, 0.6) is 0 Å². The fraction of sp³-hybridized carbons (Fsp3) is 0.462. The first-order chi connectivity index (χ1) is 7.75. The van der Waals surface area contributed by atoms with E-state index in [1.807, 2.05) is 24.3 Å². The van der Waals surface area contributed by atoms with Crippen molar-refractivity contribution in [1.29, 1.82) is 0 Å². The van der Waals surface area contributed by atoms with Crippen molar-refractivity contribution in [2.75, 3.05) is 6.54 Å². The van der Waals surface area contributed by atoms with Crippen molar-refractivity contribution < 1.29 is 4.79 Å². The number of carbonyl (C=O) groups is 1. The Morgan fingerprint density at radius 1 is 1.38 bits per heavy atom. The molecule has 1 atom stereocenters. The number of rotatable bonds is 2. The predicted octanol–water partition coefficient (Wildman–Crippen LogP) is 2.80. The van der Waals surface area contributed by atoms with Crippen LogP contribution in [0.1, 0.15) is 24.8 Å². The Morgan fingerprint density at radius 3 is 3.06 bits per heavy atom. The van der Waals surface area contributed by atoms with Crippen LogP contribution in [0.25, 0.3) is 0 Å². The number of nitrogens with one attached hydrogen (secondary N) is 1. The molecule has 0 bridgehead atoms. The lowest BCUT2D eigenvalue weighted by molar-refractivity contribution is -0.124. The van der Waals surface area contributed by atoms with Gasteiger partial charge in [-0.1, -0.05) is 30.2 Å². The summed E-state index contributed by atoms with van der Waals surface area (Å²) < 4.78 is 0. The summed E-state index contributed by atoms with van der Waals surface area (Å²) in [5, 5.41) is 3.70. The van der Waals surface area contributed by atoms with Crippen molar-refractivity contribution in [1.82, 2.24) is 5.32 Å². The number of halogens is 1. The fourth-order valence-electron chi connectivity index (χ4n) is 2.15. The Balaban J connectivity index is 2.05. The Hall–Kier alpha value is -1.02. The lowest BCUT2D eigenvalue weighted by Gasteiger charge is -2.12. The van der Waals surface area contributed by atoms with Crippen LogP contribution >= 0.6 is 11.6 Å². The third-order valence-corrected chi connectivity index (χ3v) is 3.26. The van der Waals surface area contributed by atoms with Gasteiger partial charge in [0.2, 0.25) is 5.91 Å². The van der Waals surface area contributed by atoms with Crippen LogP contribution < -0.4 is 5.32 Å². The average Bonchev–Trinajstić information content (AvgIpc) is 2.45. The molecule has 1 heterocycles.